The monoisotopic (exact) mass is 568 g/mol. The molecule has 1 amide bonds. The minimum absolute atomic E-state index is 0.301. The van der Waals surface area contributed by atoms with E-state index in [0.717, 1.165) is 75.7 Å². The second-order valence-electron chi connectivity index (χ2n) is 8.18. The summed E-state index contributed by atoms with van der Waals surface area (Å²) < 4.78 is 5.37. The van der Waals surface area contributed by atoms with E-state index in [1.807, 2.05) is 60.0 Å². The average Bonchev–Trinajstić information content (AvgIpc) is 3.01. The molecule has 1 unspecified atom stereocenters. The molecule has 1 aromatic carbocycles. The summed E-state index contributed by atoms with van der Waals surface area (Å²) in [7, 11) is 5.42. The Morgan fingerprint density at radius 1 is 0.925 bits per heavy atom. The number of hydrogen-bond donors (Lipinski definition) is 3. The SMILES string of the molecule is CC.CC.CCCCOCCCNCCC=O.CNC=O.CNc1cccc(C=O)c1CN(C)C(C)CCC=O. The molecule has 9 nitrogen and oxygen atoms in total. The Kier molecular flexibility index (Phi) is 42.8. The lowest BCUT2D eigenvalue weighted by molar-refractivity contribution is -0.109. The van der Waals surface area contributed by atoms with Gasteiger partial charge in [-0.25, -0.2) is 0 Å². The largest absolute Gasteiger partial charge is 0.388 e. The van der Waals surface area contributed by atoms with Crippen LogP contribution in [0.2, 0.25) is 0 Å². The van der Waals surface area contributed by atoms with Crippen LogP contribution >= 0.6 is 0 Å². The van der Waals surface area contributed by atoms with Crippen LogP contribution in [0.3, 0.4) is 0 Å². The van der Waals surface area contributed by atoms with Gasteiger partial charge in [-0.15, -0.1) is 0 Å². The van der Waals surface area contributed by atoms with E-state index in [1.165, 1.54) is 6.42 Å². The van der Waals surface area contributed by atoms with Crippen molar-refractivity contribution in [2.24, 2.45) is 0 Å². The molecule has 0 aliphatic rings. The molecule has 0 aromatic heterocycles. The Morgan fingerprint density at radius 2 is 1.52 bits per heavy atom. The summed E-state index contributed by atoms with van der Waals surface area (Å²) >= 11 is 0. The van der Waals surface area contributed by atoms with Crippen LogP contribution in [-0.2, 0) is 25.7 Å². The number of benzene rings is 1. The average molecular weight is 569 g/mol. The fraction of sp³-hybridized carbons (Fsp3) is 0.677. The molecule has 0 fully saturated rings. The Labute approximate surface area is 245 Å². The Hall–Kier alpha value is -2.62. The van der Waals surface area contributed by atoms with Gasteiger partial charge in [0.2, 0.25) is 6.41 Å². The molecule has 0 aliphatic carbocycles. The van der Waals surface area contributed by atoms with E-state index >= 15 is 0 Å². The number of aldehydes is 3. The van der Waals surface area contributed by atoms with E-state index in [4.69, 9.17) is 9.53 Å². The third kappa shape index (κ3) is 28.4. The lowest BCUT2D eigenvalue weighted by Gasteiger charge is -2.26. The molecule has 1 aromatic rings. The van der Waals surface area contributed by atoms with Crippen LogP contribution in [-0.4, -0.2) is 83.7 Å². The number of carbonyl (C=O) groups excluding carboxylic acids is 4. The Bertz CT molecular complexity index is 690. The number of anilines is 1. The minimum atomic E-state index is 0.301. The van der Waals surface area contributed by atoms with Crippen LogP contribution in [0.5, 0.6) is 0 Å². The molecule has 1 atom stereocenters. The van der Waals surface area contributed by atoms with Gasteiger partial charge in [0, 0.05) is 70.5 Å². The lowest BCUT2D eigenvalue weighted by Crippen LogP contribution is -2.29. The number of rotatable bonds is 19. The molecule has 0 bridgehead atoms. The highest BCUT2D eigenvalue weighted by Gasteiger charge is 2.14. The van der Waals surface area contributed by atoms with Crippen molar-refractivity contribution in [2.75, 3.05) is 52.8 Å². The third-order valence-electron chi connectivity index (χ3n) is 5.31. The van der Waals surface area contributed by atoms with Gasteiger partial charge in [0.15, 0.2) is 0 Å². The van der Waals surface area contributed by atoms with E-state index in [2.05, 4.69) is 34.7 Å². The standard InChI is InChI=1S/C15H22N2O2.C10H21NO2.C2H5NO.2C2H6/c1-12(6-5-9-18)17(3)10-14-13(11-19)7-4-8-15(14)16-2;1-2-3-9-13-10-5-7-11-6-4-8-12;1-3-2-4;2*1-2/h4,7-9,11-12,16H,5-6,10H2,1-3H3;8,11H,2-7,9-10H2,1H3;2H,1H3,(H,3,4);2*1-2H3. The number of ether oxygens (including phenoxy) is 1. The first-order chi connectivity index (χ1) is 19.5. The molecular formula is C31H60N4O5. The molecule has 3 N–H and O–H groups in total. The van der Waals surface area contributed by atoms with Crippen molar-refractivity contribution in [1.29, 1.82) is 0 Å². The number of unbranched alkanes of at least 4 members (excludes halogenated alkanes) is 1. The summed E-state index contributed by atoms with van der Waals surface area (Å²) in [5.41, 5.74) is 2.68. The minimum Gasteiger partial charge on any atom is -0.388 e. The van der Waals surface area contributed by atoms with Gasteiger partial charge in [-0.05, 0) is 51.4 Å². The van der Waals surface area contributed by atoms with Crippen molar-refractivity contribution in [3.05, 3.63) is 29.3 Å². The van der Waals surface area contributed by atoms with Gasteiger partial charge in [-0.3, -0.25) is 14.5 Å². The second kappa shape index (κ2) is 38.5. The predicted molar refractivity (Wildman–Crippen MR) is 169 cm³/mol. The van der Waals surface area contributed by atoms with Crippen LogP contribution in [0.15, 0.2) is 18.2 Å². The smallest absolute Gasteiger partial charge is 0.206 e. The maximum absolute atomic E-state index is 11.1. The van der Waals surface area contributed by atoms with Gasteiger partial charge in [0.05, 0.1) is 0 Å². The van der Waals surface area contributed by atoms with Gasteiger partial charge < -0.3 is 30.3 Å². The zero-order valence-electron chi connectivity index (χ0n) is 26.9. The maximum Gasteiger partial charge on any atom is 0.206 e. The molecule has 9 heteroatoms. The van der Waals surface area contributed by atoms with Crippen molar-refractivity contribution in [3.63, 3.8) is 0 Å². The van der Waals surface area contributed by atoms with E-state index in [9.17, 15) is 14.4 Å². The Morgan fingerprint density at radius 3 is 2.02 bits per heavy atom. The second-order valence-corrected chi connectivity index (χ2v) is 8.18. The molecule has 0 radical (unpaired) electrons. The molecule has 0 heterocycles. The first-order valence-electron chi connectivity index (χ1n) is 14.7. The molecule has 1 rings (SSSR count). The molecule has 0 saturated heterocycles. The van der Waals surface area contributed by atoms with Gasteiger partial charge in [0.25, 0.3) is 0 Å². The fourth-order valence-corrected chi connectivity index (χ4v) is 2.99. The topological polar surface area (TPSA) is 117 Å². The zero-order chi connectivity index (χ0) is 31.4. The van der Waals surface area contributed by atoms with Gasteiger partial charge in [-0.1, -0.05) is 53.2 Å². The van der Waals surface area contributed by atoms with Crippen molar-refractivity contribution in [3.8, 4) is 0 Å². The van der Waals surface area contributed by atoms with Gasteiger partial charge >= 0.3 is 0 Å². The van der Waals surface area contributed by atoms with Crippen molar-refractivity contribution in [1.82, 2.24) is 15.5 Å². The van der Waals surface area contributed by atoms with Crippen molar-refractivity contribution in [2.45, 2.75) is 92.7 Å². The van der Waals surface area contributed by atoms with Gasteiger partial charge in [-0.2, -0.15) is 0 Å². The number of carbonyl (C=O) groups is 4. The molecule has 0 spiro atoms. The van der Waals surface area contributed by atoms with Crippen LogP contribution in [0.4, 0.5) is 5.69 Å². The highest BCUT2D eigenvalue weighted by Crippen LogP contribution is 2.21. The number of hydrogen-bond acceptors (Lipinski definition) is 8. The van der Waals surface area contributed by atoms with Crippen LogP contribution in [0.1, 0.15) is 96.0 Å². The highest BCUT2D eigenvalue weighted by molar-refractivity contribution is 5.80. The highest BCUT2D eigenvalue weighted by atomic mass is 16.5. The zero-order valence-corrected chi connectivity index (χ0v) is 26.9. The third-order valence-corrected chi connectivity index (χ3v) is 5.31. The molecule has 40 heavy (non-hydrogen) atoms. The normalized spacial score (nSPS) is 9.95. The molecule has 0 aliphatic heterocycles. The van der Waals surface area contributed by atoms with E-state index in [-0.39, 0.29) is 0 Å². The molecule has 0 saturated carbocycles. The van der Waals surface area contributed by atoms with Crippen LogP contribution in [0, 0.1) is 0 Å². The van der Waals surface area contributed by atoms with E-state index < -0.39 is 0 Å². The lowest BCUT2D eigenvalue weighted by atomic mass is 10.0. The number of amides is 1. The van der Waals surface area contributed by atoms with Crippen molar-refractivity contribution < 1.29 is 23.9 Å². The van der Waals surface area contributed by atoms with E-state index in [1.54, 1.807) is 7.05 Å². The first-order valence-corrected chi connectivity index (χ1v) is 14.7. The summed E-state index contributed by atoms with van der Waals surface area (Å²) in [5.74, 6) is 0. The Balaban J connectivity index is -0.000000267. The molecule has 234 valence electrons. The summed E-state index contributed by atoms with van der Waals surface area (Å²) in [5, 5.41) is 8.53. The van der Waals surface area contributed by atoms with Crippen LogP contribution in [0.25, 0.3) is 0 Å². The van der Waals surface area contributed by atoms with Crippen LogP contribution < -0.4 is 16.0 Å². The summed E-state index contributed by atoms with van der Waals surface area (Å²) in [6.45, 7) is 16.4. The van der Waals surface area contributed by atoms with Crippen molar-refractivity contribution >= 4 is 31.0 Å². The fourth-order valence-electron chi connectivity index (χ4n) is 2.99. The first kappa shape index (κ1) is 44.4. The van der Waals surface area contributed by atoms with E-state index in [0.29, 0.717) is 37.4 Å². The molecular weight excluding hydrogens is 508 g/mol. The summed E-state index contributed by atoms with van der Waals surface area (Å²) in [4.78, 5) is 42.7. The summed E-state index contributed by atoms with van der Waals surface area (Å²) in [6, 6.07) is 5.96. The van der Waals surface area contributed by atoms with Gasteiger partial charge in [0.1, 0.15) is 18.9 Å². The number of nitrogens with zero attached hydrogens (tertiary/aromatic N) is 1. The number of nitrogens with one attached hydrogen (secondary N) is 3. The maximum atomic E-state index is 11.1. The predicted octanol–water partition coefficient (Wildman–Crippen LogP) is 5.13. The quantitative estimate of drug-likeness (QED) is 0.155. The summed E-state index contributed by atoms with van der Waals surface area (Å²) in [6.07, 6.45) is 8.78.